The van der Waals surface area contributed by atoms with Crippen LogP contribution in [-0.2, 0) is 17.8 Å². The van der Waals surface area contributed by atoms with Crippen molar-refractivity contribution >= 4 is 29.1 Å². The highest BCUT2D eigenvalue weighted by atomic mass is 35.5. The summed E-state index contributed by atoms with van der Waals surface area (Å²) in [6.45, 7) is 1.77. The lowest BCUT2D eigenvalue weighted by Gasteiger charge is -2.25. The van der Waals surface area contributed by atoms with E-state index in [9.17, 15) is 9.18 Å². The van der Waals surface area contributed by atoms with Crippen molar-refractivity contribution < 1.29 is 9.18 Å². The first-order chi connectivity index (χ1) is 11.8. The highest BCUT2D eigenvalue weighted by Gasteiger charge is 2.15. The Balaban J connectivity index is 2.10. The third-order valence-electron chi connectivity index (χ3n) is 3.80. The smallest absolute Gasteiger partial charge is 0.227 e. The number of hydrogen-bond acceptors (Lipinski definition) is 2. The van der Waals surface area contributed by atoms with E-state index in [2.05, 4.69) is 0 Å². The predicted molar refractivity (Wildman–Crippen MR) is 101 cm³/mol. The number of carbonyl (C=O) groups excluding carboxylic acids is 1. The van der Waals surface area contributed by atoms with Crippen LogP contribution in [-0.4, -0.2) is 42.9 Å². The molecule has 0 radical (unpaired) electrons. The van der Waals surface area contributed by atoms with Crippen LogP contribution >= 0.6 is 23.2 Å². The zero-order valence-corrected chi connectivity index (χ0v) is 15.8. The van der Waals surface area contributed by atoms with Crippen molar-refractivity contribution in [2.24, 2.45) is 0 Å². The Morgan fingerprint density at radius 2 is 1.60 bits per heavy atom. The summed E-state index contributed by atoms with van der Waals surface area (Å²) in [4.78, 5) is 16.5. The van der Waals surface area contributed by atoms with Gasteiger partial charge in [0.1, 0.15) is 5.82 Å². The van der Waals surface area contributed by atoms with Crippen LogP contribution in [0.3, 0.4) is 0 Å². The summed E-state index contributed by atoms with van der Waals surface area (Å²) in [6, 6.07) is 11.4. The molecule has 0 atom stereocenters. The minimum absolute atomic E-state index is 0.00966. The molecular formula is C19H21Cl2FN2O. The number of amides is 1. The molecule has 134 valence electrons. The Labute approximate surface area is 157 Å². The molecule has 1 amide bonds. The van der Waals surface area contributed by atoms with Crippen LogP contribution in [0.25, 0.3) is 0 Å². The van der Waals surface area contributed by atoms with E-state index < -0.39 is 0 Å². The largest absolute Gasteiger partial charge is 0.337 e. The van der Waals surface area contributed by atoms with Crippen LogP contribution in [0.4, 0.5) is 4.39 Å². The quantitative estimate of drug-likeness (QED) is 0.713. The van der Waals surface area contributed by atoms with E-state index in [-0.39, 0.29) is 18.1 Å². The molecule has 3 nitrogen and oxygen atoms in total. The third kappa shape index (κ3) is 6.31. The summed E-state index contributed by atoms with van der Waals surface area (Å²) in [5.41, 5.74) is 1.70. The summed E-state index contributed by atoms with van der Waals surface area (Å²) in [7, 11) is 3.92. The van der Waals surface area contributed by atoms with Gasteiger partial charge in [-0.05, 0) is 49.5 Å². The molecule has 0 spiro atoms. The molecule has 2 aromatic rings. The molecule has 0 N–H and O–H groups in total. The summed E-state index contributed by atoms with van der Waals surface area (Å²) in [5.74, 6) is -0.296. The second-order valence-electron chi connectivity index (χ2n) is 6.17. The molecule has 0 fully saturated rings. The van der Waals surface area contributed by atoms with Gasteiger partial charge in [0.15, 0.2) is 0 Å². The Kier molecular flexibility index (Phi) is 7.24. The molecule has 0 unspecified atom stereocenters. The van der Waals surface area contributed by atoms with Crippen LogP contribution < -0.4 is 0 Å². The van der Waals surface area contributed by atoms with Crippen LogP contribution in [0.15, 0.2) is 42.5 Å². The molecule has 0 saturated heterocycles. The number of benzene rings is 2. The van der Waals surface area contributed by atoms with Crippen molar-refractivity contribution in [1.82, 2.24) is 9.80 Å². The SMILES string of the molecule is CN(C)CCN(Cc1ccc(F)cc1)C(=O)Cc1ccc(Cl)c(Cl)c1. The average molecular weight is 383 g/mol. The van der Waals surface area contributed by atoms with Crippen molar-refractivity contribution in [3.63, 3.8) is 0 Å². The Bertz CT molecular complexity index is 720. The molecule has 0 aliphatic heterocycles. The second-order valence-corrected chi connectivity index (χ2v) is 6.98. The van der Waals surface area contributed by atoms with E-state index in [0.29, 0.717) is 23.1 Å². The first-order valence-corrected chi connectivity index (χ1v) is 8.71. The minimum atomic E-state index is -0.286. The highest BCUT2D eigenvalue weighted by molar-refractivity contribution is 6.42. The van der Waals surface area contributed by atoms with Gasteiger partial charge in [-0.25, -0.2) is 4.39 Å². The van der Waals surface area contributed by atoms with Gasteiger partial charge in [-0.1, -0.05) is 41.4 Å². The van der Waals surface area contributed by atoms with Gasteiger partial charge in [0.05, 0.1) is 16.5 Å². The number of likely N-dealkylation sites (N-methyl/N-ethyl adjacent to an activating group) is 1. The zero-order valence-electron chi connectivity index (χ0n) is 14.3. The lowest BCUT2D eigenvalue weighted by molar-refractivity contribution is -0.131. The Hall–Kier alpha value is -1.62. The molecular weight excluding hydrogens is 362 g/mol. The Morgan fingerprint density at radius 3 is 2.20 bits per heavy atom. The number of rotatable bonds is 7. The molecule has 2 aromatic carbocycles. The molecule has 25 heavy (non-hydrogen) atoms. The van der Waals surface area contributed by atoms with Crippen LogP contribution in [0.1, 0.15) is 11.1 Å². The summed E-state index contributed by atoms with van der Waals surface area (Å²) in [5, 5.41) is 0.902. The van der Waals surface area contributed by atoms with Crippen LogP contribution in [0, 0.1) is 5.82 Å². The summed E-state index contributed by atoms with van der Waals surface area (Å²) < 4.78 is 13.1. The van der Waals surface area contributed by atoms with E-state index in [1.165, 1.54) is 12.1 Å². The lowest BCUT2D eigenvalue weighted by atomic mass is 10.1. The van der Waals surface area contributed by atoms with Crippen molar-refractivity contribution in [1.29, 1.82) is 0 Å². The van der Waals surface area contributed by atoms with Crippen LogP contribution in [0.2, 0.25) is 10.0 Å². The van der Waals surface area contributed by atoms with Crippen LogP contribution in [0.5, 0.6) is 0 Å². The normalized spacial score (nSPS) is 11.0. The number of nitrogens with zero attached hydrogens (tertiary/aromatic N) is 2. The van der Waals surface area contributed by atoms with Gasteiger partial charge < -0.3 is 9.80 Å². The maximum Gasteiger partial charge on any atom is 0.227 e. The molecule has 0 heterocycles. The fraction of sp³-hybridized carbons (Fsp3) is 0.316. The maximum absolute atomic E-state index is 13.1. The van der Waals surface area contributed by atoms with E-state index in [0.717, 1.165) is 17.7 Å². The van der Waals surface area contributed by atoms with Gasteiger partial charge in [0, 0.05) is 19.6 Å². The lowest BCUT2D eigenvalue weighted by Crippen LogP contribution is -2.37. The molecule has 6 heteroatoms. The predicted octanol–water partition coefficient (Wildman–Crippen LogP) is 4.27. The van der Waals surface area contributed by atoms with Crippen molar-refractivity contribution in [3.05, 3.63) is 69.5 Å². The molecule has 2 rings (SSSR count). The number of halogens is 3. The third-order valence-corrected chi connectivity index (χ3v) is 4.53. The van der Waals surface area contributed by atoms with Gasteiger partial charge >= 0.3 is 0 Å². The molecule has 0 aliphatic rings. The van der Waals surface area contributed by atoms with Gasteiger partial charge in [0.25, 0.3) is 0 Å². The van der Waals surface area contributed by atoms with Gasteiger partial charge in [0.2, 0.25) is 5.91 Å². The fourth-order valence-corrected chi connectivity index (χ4v) is 2.68. The first kappa shape index (κ1) is 19.7. The fourth-order valence-electron chi connectivity index (χ4n) is 2.36. The highest BCUT2D eigenvalue weighted by Crippen LogP contribution is 2.23. The monoisotopic (exact) mass is 382 g/mol. The molecule has 0 saturated carbocycles. The van der Waals surface area contributed by atoms with Crippen molar-refractivity contribution in [2.45, 2.75) is 13.0 Å². The molecule has 0 aromatic heterocycles. The van der Waals surface area contributed by atoms with E-state index >= 15 is 0 Å². The Morgan fingerprint density at radius 1 is 0.960 bits per heavy atom. The first-order valence-electron chi connectivity index (χ1n) is 7.96. The second kappa shape index (κ2) is 9.18. The standard InChI is InChI=1S/C19H21Cl2FN2O/c1-23(2)9-10-24(13-14-3-6-16(22)7-4-14)19(25)12-15-5-8-17(20)18(21)11-15/h3-8,11H,9-10,12-13H2,1-2H3. The number of hydrogen-bond donors (Lipinski definition) is 0. The topological polar surface area (TPSA) is 23.6 Å². The van der Waals surface area contributed by atoms with Crippen molar-refractivity contribution in [2.75, 3.05) is 27.2 Å². The zero-order chi connectivity index (χ0) is 18.4. The molecule has 0 bridgehead atoms. The van der Waals surface area contributed by atoms with Gasteiger partial charge in [-0.2, -0.15) is 0 Å². The van der Waals surface area contributed by atoms with E-state index in [1.807, 2.05) is 19.0 Å². The van der Waals surface area contributed by atoms with Gasteiger partial charge in [-0.15, -0.1) is 0 Å². The average Bonchev–Trinajstić information content (AvgIpc) is 2.56. The van der Waals surface area contributed by atoms with E-state index in [1.54, 1.807) is 35.2 Å². The summed E-state index contributed by atoms with van der Waals surface area (Å²) >= 11 is 11.9. The molecule has 0 aliphatic carbocycles. The minimum Gasteiger partial charge on any atom is -0.337 e. The summed E-state index contributed by atoms with van der Waals surface area (Å²) in [6.07, 6.45) is 0.242. The van der Waals surface area contributed by atoms with Gasteiger partial charge in [-0.3, -0.25) is 4.79 Å². The number of carbonyl (C=O) groups is 1. The van der Waals surface area contributed by atoms with Crippen molar-refractivity contribution in [3.8, 4) is 0 Å². The maximum atomic E-state index is 13.1. The van der Waals surface area contributed by atoms with E-state index in [4.69, 9.17) is 23.2 Å².